The first-order valence-corrected chi connectivity index (χ1v) is 11.5. The molecule has 3 rings (SSSR count). The molecule has 0 N–H and O–H groups in total. The van der Waals surface area contributed by atoms with Crippen LogP contribution in [0.2, 0.25) is 0 Å². The Morgan fingerprint density at radius 3 is 2.15 bits per heavy atom. The van der Waals surface area contributed by atoms with E-state index in [1.165, 1.54) is 12.4 Å². The van der Waals surface area contributed by atoms with E-state index in [0.717, 1.165) is 16.5 Å². The Hall–Kier alpha value is -1.92. The third-order valence-corrected chi connectivity index (χ3v) is 10.1. The topological polar surface area (TPSA) is 12.9 Å². The molecule has 0 amide bonds. The number of aromatic nitrogens is 1. The molecule has 3 aromatic rings. The van der Waals surface area contributed by atoms with Crippen LogP contribution in [0.15, 0.2) is 88.9 Å². The van der Waals surface area contributed by atoms with Crippen LogP contribution >= 0.6 is 19.9 Å². The SMILES string of the molecule is CS(SCc1ccccc1)(c1ccccc1)c1cnccc1C(F)(F)F. The van der Waals surface area contributed by atoms with Gasteiger partial charge in [0.2, 0.25) is 0 Å². The second-order valence-corrected chi connectivity index (χ2v) is 11.6. The molecular weight excluding hydrogens is 375 g/mol. The molecule has 136 valence electrons. The maximum atomic E-state index is 13.6. The summed E-state index contributed by atoms with van der Waals surface area (Å²) in [5.74, 6) is 0.633. The first kappa shape index (κ1) is 18.9. The zero-order chi connectivity index (χ0) is 18.6. The van der Waals surface area contributed by atoms with Crippen molar-refractivity contribution in [1.29, 1.82) is 0 Å². The van der Waals surface area contributed by atoms with Gasteiger partial charge in [-0.3, -0.25) is 4.98 Å². The zero-order valence-corrected chi connectivity index (χ0v) is 15.7. The number of nitrogens with zero attached hydrogens (tertiary/aromatic N) is 1. The molecule has 0 saturated carbocycles. The van der Waals surface area contributed by atoms with Crippen molar-refractivity contribution in [3.05, 3.63) is 90.3 Å². The third kappa shape index (κ3) is 4.07. The molecule has 0 saturated heterocycles. The fourth-order valence-corrected chi connectivity index (χ4v) is 7.88. The lowest BCUT2D eigenvalue weighted by Gasteiger charge is -2.37. The van der Waals surface area contributed by atoms with Crippen LogP contribution in [0.3, 0.4) is 0 Å². The molecule has 6 heteroatoms. The van der Waals surface area contributed by atoms with Gasteiger partial charge in [0.1, 0.15) is 0 Å². The number of pyridine rings is 1. The van der Waals surface area contributed by atoms with Crippen LogP contribution in [-0.2, 0) is 11.9 Å². The minimum atomic E-state index is -4.41. The van der Waals surface area contributed by atoms with E-state index in [1.807, 2.05) is 66.9 Å². The van der Waals surface area contributed by atoms with Gasteiger partial charge in [-0.15, -0.1) is 19.9 Å². The number of hydrogen-bond donors (Lipinski definition) is 0. The Balaban J connectivity index is 2.08. The van der Waals surface area contributed by atoms with Crippen molar-refractivity contribution in [2.75, 3.05) is 6.26 Å². The fourth-order valence-electron chi connectivity index (χ4n) is 2.62. The van der Waals surface area contributed by atoms with Crippen LogP contribution in [-0.4, -0.2) is 11.2 Å². The number of hydrogen-bond acceptors (Lipinski definition) is 2. The van der Waals surface area contributed by atoms with Gasteiger partial charge in [0.15, 0.2) is 0 Å². The van der Waals surface area contributed by atoms with Crippen molar-refractivity contribution in [2.45, 2.75) is 21.7 Å². The number of rotatable bonds is 5. The second kappa shape index (κ2) is 7.76. The van der Waals surface area contributed by atoms with Gasteiger partial charge in [-0.2, -0.15) is 13.2 Å². The molecule has 0 aliphatic heterocycles. The summed E-state index contributed by atoms with van der Waals surface area (Å²) in [6.45, 7) is 0. The highest BCUT2D eigenvalue weighted by Crippen LogP contribution is 2.71. The van der Waals surface area contributed by atoms with E-state index in [2.05, 4.69) is 4.98 Å². The Morgan fingerprint density at radius 2 is 1.54 bits per heavy atom. The first-order valence-electron chi connectivity index (χ1n) is 7.94. The Labute approximate surface area is 156 Å². The maximum Gasteiger partial charge on any atom is 0.417 e. The van der Waals surface area contributed by atoms with Crippen LogP contribution in [0.25, 0.3) is 0 Å². The summed E-state index contributed by atoms with van der Waals surface area (Å²) >= 11 is 0. The molecule has 0 spiro atoms. The molecule has 1 heterocycles. The molecule has 1 unspecified atom stereocenters. The largest absolute Gasteiger partial charge is 0.417 e. The standard InChI is InChI=1S/C20H18F3NS2/c1-26(17-10-6-3-7-11-17,25-15-16-8-4-2-5-9-16)19-14-24-13-12-18(19)20(21,22)23/h2-14H,15H2,1H3. The zero-order valence-electron chi connectivity index (χ0n) is 14.1. The van der Waals surface area contributed by atoms with Crippen LogP contribution in [0.1, 0.15) is 11.1 Å². The van der Waals surface area contributed by atoms with Gasteiger partial charge >= 0.3 is 6.18 Å². The molecule has 1 aromatic heterocycles. The van der Waals surface area contributed by atoms with E-state index in [9.17, 15) is 13.2 Å². The van der Waals surface area contributed by atoms with E-state index in [0.29, 0.717) is 5.75 Å². The van der Waals surface area contributed by atoms with Gasteiger partial charge in [-0.1, -0.05) is 48.5 Å². The molecule has 0 radical (unpaired) electrons. The van der Waals surface area contributed by atoms with Crippen molar-refractivity contribution in [3.8, 4) is 0 Å². The molecule has 26 heavy (non-hydrogen) atoms. The van der Waals surface area contributed by atoms with Gasteiger partial charge in [0, 0.05) is 27.9 Å². The van der Waals surface area contributed by atoms with Crippen LogP contribution in [0, 0.1) is 0 Å². The highest BCUT2D eigenvalue weighted by Gasteiger charge is 2.38. The van der Waals surface area contributed by atoms with E-state index in [-0.39, 0.29) is 4.90 Å². The Morgan fingerprint density at radius 1 is 0.923 bits per heavy atom. The van der Waals surface area contributed by atoms with Crippen molar-refractivity contribution >= 4 is 19.9 Å². The molecule has 0 bridgehead atoms. The van der Waals surface area contributed by atoms with Crippen LogP contribution in [0.4, 0.5) is 13.2 Å². The lowest BCUT2D eigenvalue weighted by Crippen LogP contribution is -2.11. The van der Waals surface area contributed by atoms with Crippen molar-refractivity contribution < 1.29 is 13.2 Å². The summed E-state index contributed by atoms with van der Waals surface area (Å²) in [5, 5.41) is 0. The summed E-state index contributed by atoms with van der Waals surface area (Å²) in [6.07, 6.45) is 0.0962. The summed E-state index contributed by atoms with van der Waals surface area (Å²) in [7, 11) is -0.418. The second-order valence-electron chi connectivity index (χ2n) is 5.77. The van der Waals surface area contributed by atoms with E-state index < -0.39 is 20.8 Å². The molecule has 0 aliphatic rings. The molecule has 2 aromatic carbocycles. The normalized spacial score (nSPS) is 15.2. The number of benzene rings is 2. The van der Waals surface area contributed by atoms with Gasteiger partial charge in [0.25, 0.3) is 0 Å². The fraction of sp³-hybridized carbons (Fsp3) is 0.150. The van der Waals surface area contributed by atoms with Crippen LogP contribution in [0.5, 0.6) is 0 Å². The van der Waals surface area contributed by atoms with E-state index in [4.69, 9.17) is 0 Å². The highest BCUT2D eigenvalue weighted by atomic mass is 33.2. The molecule has 0 aliphatic carbocycles. The molecular formula is C20H18F3NS2. The molecule has 1 atom stereocenters. The Bertz CT molecular complexity index is 854. The minimum Gasteiger partial charge on any atom is -0.264 e. The summed E-state index contributed by atoms with van der Waals surface area (Å²) < 4.78 is 40.9. The van der Waals surface area contributed by atoms with Crippen molar-refractivity contribution in [3.63, 3.8) is 0 Å². The summed E-state index contributed by atoms with van der Waals surface area (Å²) in [4.78, 5) is 5.18. The lowest BCUT2D eigenvalue weighted by molar-refractivity contribution is -0.139. The minimum absolute atomic E-state index is 0.264. The maximum absolute atomic E-state index is 13.6. The van der Waals surface area contributed by atoms with Crippen LogP contribution < -0.4 is 0 Å². The van der Waals surface area contributed by atoms with Gasteiger partial charge in [0.05, 0.1) is 5.56 Å². The number of alkyl halides is 3. The predicted molar refractivity (Wildman–Crippen MR) is 103 cm³/mol. The third-order valence-electron chi connectivity index (χ3n) is 4.01. The smallest absolute Gasteiger partial charge is 0.264 e. The lowest BCUT2D eigenvalue weighted by atomic mass is 10.2. The number of halogens is 3. The molecule has 0 fully saturated rings. The quantitative estimate of drug-likeness (QED) is 0.442. The average molecular weight is 393 g/mol. The van der Waals surface area contributed by atoms with Crippen molar-refractivity contribution in [2.24, 2.45) is 0 Å². The first-order chi connectivity index (χ1) is 12.4. The van der Waals surface area contributed by atoms with Gasteiger partial charge in [-0.05, 0) is 30.0 Å². The Kier molecular flexibility index (Phi) is 5.63. The van der Waals surface area contributed by atoms with Gasteiger partial charge in [-0.25, -0.2) is 0 Å². The predicted octanol–water partition coefficient (Wildman–Crippen LogP) is 6.80. The van der Waals surface area contributed by atoms with Crippen molar-refractivity contribution in [1.82, 2.24) is 4.98 Å². The van der Waals surface area contributed by atoms with E-state index >= 15 is 0 Å². The van der Waals surface area contributed by atoms with E-state index in [1.54, 1.807) is 10.8 Å². The summed E-state index contributed by atoms with van der Waals surface area (Å²) in [5.41, 5.74) is 0.485. The highest BCUT2D eigenvalue weighted by molar-refractivity contribution is 8.93. The van der Waals surface area contributed by atoms with Gasteiger partial charge < -0.3 is 0 Å². The summed E-state index contributed by atoms with van der Waals surface area (Å²) in [6, 6.07) is 20.3. The average Bonchev–Trinajstić information content (AvgIpc) is 2.67. The monoisotopic (exact) mass is 393 g/mol. The molecule has 1 nitrogen and oxygen atoms in total.